The van der Waals surface area contributed by atoms with Gasteiger partial charge in [0.2, 0.25) is 5.91 Å². The number of thiophene rings is 1. The van der Waals surface area contributed by atoms with E-state index >= 15 is 0 Å². The molecule has 9 heteroatoms. The van der Waals surface area contributed by atoms with E-state index in [1.54, 1.807) is 18.2 Å². The number of hydrogen-bond donors (Lipinski definition) is 2. The summed E-state index contributed by atoms with van der Waals surface area (Å²) < 4.78 is 0. The number of fused-ring (bicyclic) bond motifs is 1. The molecule has 140 valence electrons. The molecule has 3 rings (SSSR count). The average molecular weight is 386 g/mol. The number of nitro benzene ring substituents is 1. The van der Waals surface area contributed by atoms with E-state index in [2.05, 4.69) is 10.2 Å². The first kappa shape index (κ1) is 18.7. The lowest BCUT2D eigenvalue weighted by Crippen LogP contribution is -2.27. The number of nitrogens with zero attached hydrogens (tertiary/aromatic N) is 2. The highest BCUT2D eigenvalue weighted by atomic mass is 32.1. The molecular formula is C18H18N4O4S. The van der Waals surface area contributed by atoms with Gasteiger partial charge in [0.15, 0.2) is 0 Å². The Bertz CT molecular complexity index is 934. The molecule has 1 aliphatic heterocycles. The van der Waals surface area contributed by atoms with Crippen molar-refractivity contribution in [2.75, 3.05) is 18.9 Å². The van der Waals surface area contributed by atoms with E-state index in [-0.39, 0.29) is 5.69 Å². The van der Waals surface area contributed by atoms with Crippen LogP contribution in [-0.4, -0.2) is 35.2 Å². The molecule has 0 atom stereocenters. The van der Waals surface area contributed by atoms with Gasteiger partial charge in [0.25, 0.3) is 11.6 Å². The molecule has 0 saturated carbocycles. The number of nitrogens with two attached hydrogens (primary N) is 1. The summed E-state index contributed by atoms with van der Waals surface area (Å²) in [4.78, 5) is 37.5. The highest BCUT2D eigenvalue weighted by molar-refractivity contribution is 7.17. The van der Waals surface area contributed by atoms with Crippen molar-refractivity contribution in [3.05, 3.63) is 62.0 Å². The minimum Gasteiger partial charge on any atom is -0.365 e. The maximum atomic E-state index is 12.3. The van der Waals surface area contributed by atoms with Gasteiger partial charge in [-0.1, -0.05) is 0 Å². The van der Waals surface area contributed by atoms with E-state index < -0.39 is 16.7 Å². The first-order valence-electron chi connectivity index (χ1n) is 8.21. The third-order valence-corrected chi connectivity index (χ3v) is 5.39. The molecule has 1 aliphatic rings. The van der Waals surface area contributed by atoms with E-state index in [1.807, 2.05) is 7.05 Å². The number of likely N-dealkylation sites (N-methyl/N-ethyl adjacent to an activating group) is 1. The standard InChI is InChI=1S/C18H18N4O4S/c1-21-9-8-13-14(10-21)27-18(16(13)17(19)24)20-15(23)7-4-11-2-5-12(6-3-11)22(25)26/h2-7H,8-10H2,1H3,(H2,19,24)(H,20,23)/b7-4-. The number of primary amides is 1. The Morgan fingerprint density at radius 3 is 2.67 bits per heavy atom. The van der Waals surface area contributed by atoms with Gasteiger partial charge in [0, 0.05) is 36.2 Å². The predicted molar refractivity (Wildman–Crippen MR) is 104 cm³/mol. The lowest BCUT2D eigenvalue weighted by molar-refractivity contribution is -0.384. The highest BCUT2D eigenvalue weighted by Crippen LogP contribution is 2.36. The number of carbonyl (C=O) groups excluding carboxylic acids is 2. The summed E-state index contributed by atoms with van der Waals surface area (Å²) in [5.74, 6) is -0.950. The molecule has 0 spiro atoms. The molecule has 27 heavy (non-hydrogen) atoms. The molecule has 2 aromatic rings. The summed E-state index contributed by atoms with van der Waals surface area (Å²) in [5.41, 5.74) is 7.47. The van der Waals surface area contributed by atoms with Gasteiger partial charge in [-0.2, -0.15) is 0 Å². The number of rotatable bonds is 5. The Morgan fingerprint density at radius 1 is 1.33 bits per heavy atom. The van der Waals surface area contributed by atoms with E-state index in [0.29, 0.717) is 16.1 Å². The molecule has 0 saturated heterocycles. The monoisotopic (exact) mass is 386 g/mol. The molecule has 1 aromatic carbocycles. The molecule has 0 aliphatic carbocycles. The fourth-order valence-corrected chi connectivity index (χ4v) is 4.25. The third kappa shape index (κ3) is 4.21. The molecule has 8 nitrogen and oxygen atoms in total. The summed E-state index contributed by atoms with van der Waals surface area (Å²) in [6, 6.07) is 5.84. The number of nitro groups is 1. The second kappa shape index (κ2) is 7.68. The van der Waals surface area contributed by atoms with Crippen molar-refractivity contribution < 1.29 is 14.5 Å². The molecular weight excluding hydrogens is 368 g/mol. The SMILES string of the molecule is CN1CCc2c(sc(NC(=O)/C=C\c3ccc([N+](=O)[O-])cc3)c2C(N)=O)C1. The second-order valence-electron chi connectivity index (χ2n) is 6.23. The van der Waals surface area contributed by atoms with Gasteiger partial charge < -0.3 is 16.0 Å². The topological polar surface area (TPSA) is 119 Å². The normalized spacial score (nSPS) is 14.1. The minimum atomic E-state index is -0.549. The number of non-ortho nitro benzene ring substituents is 1. The molecule has 0 unspecified atom stereocenters. The fourth-order valence-electron chi connectivity index (χ4n) is 2.91. The van der Waals surface area contributed by atoms with Crippen molar-refractivity contribution >= 4 is 39.9 Å². The molecule has 2 heterocycles. The first-order valence-corrected chi connectivity index (χ1v) is 9.03. The van der Waals surface area contributed by atoms with Crippen LogP contribution in [0, 0.1) is 10.1 Å². The van der Waals surface area contributed by atoms with Crippen LogP contribution in [0.25, 0.3) is 6.08 Å². The Labute approximate surface area is 159 Å². The van der Waals surface area contributed by atoms with Crippen LogP contribution < -0.4 is 11.1 Å². The van der Waals surface area contributed by atoms with Crippen molar-refractivity contribution in [2.24, 2.45) is 5.73 Å². The number of amides is 2. The molecule has 3 N–H and O–H groups in total. The Balaban J connectivity index is 1.76. The van der Waals surface area contributed by atoms with Gasteiger partial charge in [0.1, 0.15) is 5.00 Å². The lowest BCUT2D eigenvalue weighted by atomic mass is 10.0. The first-order chi connectivity index (χ1) is 12.8. The highest BCUT2D eigenvalue weighted by Gasteiger charge is 2.26. The summed E-state index contributed by atoms with van der Waals surface area (Å²) >= 11 is 1.37. The van der Waals surface area contributed by atoms with Gasteiger partial charge in [0.05, 0.1) is 10.5 Å². The van der Waals surface area contributed by atoms with Gasteiger partial charge in [-0.05, 0) is 42.8 Å². The Hall–Kier alpha value is -3.04. The fraction of sp³-hybridized carbons (Fsp3) is 0.222. The summed E-state index contributed by atoms with van der Waals surface area (Å²) in [5, 5.41) is 13.8. The van der Waals surface area contributed by atoms with Crippen LogP contribution in [0.3, 0.4) is 0 Å². The van der Waals surface area contributed by atoms with Crippen molar-refractivity contribution in [3.8, 4) is 0 Å². The number of benzene rings is 1. The van der Waals surface area contributed by atoms with Crippen LogP contribution in [0.2, 0.25) is 0 Å². The van der Waals surface area contributed by atoms with Crippen molar-refractivity contribution in [1.82, 2.24) is 4.90 Å². The maximum Gasteiger partial charge on any atom is 0.269 e. The van der Waals surface area contributed by atoms with Crippen LogP contribution in [0.1, 0.15) is 26.4 Å². The zero-order valence-corrected chi connectivity index (χ0v) is 15.4. The predicted octanol–water partition coefficient (Wildman–Crippen LogP) is 2.40. The molecule has 0 fully saturated rings. The van der Waals surface area contributed by atoms with E-state index in [1.165, 1.54) is 29.5 Å². The summed E-state index contributed by atoms with van der Waals surface area (Å²) in [6.07, 6.45) is 3.58. The minimum absolute atomic E-state index is 0.0168. The summed E-state index contributed by atoms with van der Waals surface area (Å²) in [6.45, 7) is 1.55. The number of anilines is 1. The Kier molecular flexibility index (Phi) is 5.33. The number of nitrogens with one attached hydrogen (secondary N) is 1. The van der Waals surface area contributed by atoms with Crippen LogP contribution in [0.15, 0.2) is 30.3 Å². The van der Waals surface area contributed by atoms with Gasteiger partial charge in [-0.25, -0.2) is 0 Å². The van der Waals surface area contributed by atoms with Crippen LogP contribution in [-0.2, 0) is 17.8 Å². The average Bonchev–Trinajstić information content (AvgIpc) is 2.97. The molecule has 2 amide bonds. The van der Waals surface area contributed by atoms with E-state index in [4.69, 9.17) is 5.73 Å². The molecule has 1 aromatic heterocycles. The van der Waals surface area contributed by atoms with Crippen LogP contribution >= 0.6 is 11.3 Å². The summed E-state index contributed by atoms with van der Waals surface area (Å²) in [7, 11) is 2.00. The molecule has 0 radical (unpaired) electrons. The number of hydrogen-bond acceptors (Lipinski definition) is 6. The molecule has 0 bridgehead atoms. The Morgan fingerprint density at radius 2 is 2.04 bits per heavy atom. The quantitative estimate of drug-likeness (QED) is 0.465. The largest absolute Gasteiger partial charge is 0.365 e. The van der Waals surface area contributed by atoms with Crippen molar-refractivity contribution in [3.63, 3.8) is 0 Å². The van der Waals surface area contributed by atoms with Crippen molar-refractivity contribution in [1.29, 1.82) is 0 Å². The van der Waals surface area contributed by atoms with Crippen molar-refractivity contribution in [2.45, 2.75) is 13.0 Å². The maximum absolute atomic E-state index is 12.3. The lowest BCUT2D eigenvalue weighted by Gasteiger charge is -2.22. The van der Waals surface area contributed by atoms with E-state index in [9.17, 15) is 19.7 Å². The number of carbonyl (C=O) groups is 2. The third-order valence-electron chi connectivity index (χ3n) is 4.26. The van der Waals surface area contributed by atoms with Gasteiger partial charge in [-0.15, -0.1) is 11.3 Å². The van der Waals surface area contributed by atoms with Gasteiger partial charge >= 0.3 is 0 Å². The smallest absolute Gasteiger partial charge is 0.269 e. The van der Waals surface area contributed by atoms with Crippen LogP contribution in [0.5, 0.6) is 0 Å². The zero-order valence-electron chi connectivity index (χ0n) is 14.6. The van der Waals surface area contributed by atoms with E-state index in [0.717, 1.165) is 30.0 Å². The zero-order chi connectivity index (χ0) is 19.6. The second-order valence-corrected chi connectivity index (χ2v) is 7.34. The van der Waals surface area contributed by atoms with Crippen LogP contribution in [0.4, 0.5) is 10.7 Å². The van der Waals surface area contributed by atoms with Gasteiger partial charge in [-0.3, -0.25) is 19.7 Å².